The van der Waals surface area contributed by atoms with Gasteiger partial charge in [0.25, 0.3) is 0 Å². The van der Waals surface area contributed by atoms with Crippen LogP contribution in [0.25, 0.3) is 0 Å². The molecular formula is C18H19F3N6S. The Morgan fingerprint density at radius 3 is 2.64 bits per heavy atom. The lowest BCUT2D eigenvalue weighted by molar-refractivity contribution is -0.140. The fraction of sp³-hybridized carbons (Fsp3) is 0.278. The molecule has 0 aliphatic rings. The van der Waals surface area contributed by atoms with E-state index in [1.54, 1.807) is 13.2 Å². The molecule has 0 aliphatic carbocycles. The van der Waals surface area contributed by atoms with Crippen molar-refractivity contribution in [2.24, 2.45) is 4.99 Å². The minimum absolute atomic E-state index is 0.166. The quantitative estimate of drug-likeness (QED) is 0.485. The second kappa shape index (κ2) is 8.87. The maximum atomic E-state index is 12.6. The van der Waals surface area contributed by atoms with E-state index in [0.29, 0.717) is 24.1 Å². The largest absolute Gasteiger partial charge is 0.434 e. The molecule has 6 nitrogen and oxygen atoms in total. The van der Waals surface area contributed by atoms with E-state index in [0.717, 1.165) is 27.8 Å². The van der Waals surface area contributed by atoms with Crippen molar-refractivity contribution in [2.75, 3.05) is 7.05 Å². The van der Waals surface area contributed by atoms with E-state index in [-0.39, 0.29) is 6.54 Å². The lowest BCUT2D eigenvalue weighted by atomic mass is 10.1. The van der Waals surface area contributed by atoms with Crippen LogP contribution in [-0.4, -0.2) is 27.8 Å². The van der Waals surface area contributed by atoms with Crippen LogP contribution in [0.3, 0.4) is 0 Å². The number of thiazole rings is 1. The van der Waals surface area contributed by atoms with Gasteiger partial charge in [0.2, 0.25) is 0 Å². The average Bonchev–Trinajstić information content (AvgIpc) is 3.34. The van der Waals surface area contributed by atoms with E-state index in [9.17, 15) is 13.2 Å². The average molecular weight is 408 g/mol. The van der Waals surface area contributed by atoms with Crippen LogP contribution in [-0.2, 0) is 25.8 Å². The molecular weight excluding hydrogens is 389 g/mol. The van der Waals surface area contributed by atoms with E-state index in [4.69, 9.17) is 0 Å². The number of benzene rings is 1. The maximum absolute atomic E-state index is 12.6. The number of nitrogens with one attached hydrogen (secondary N) is 2. The van der Waals surface area contributed by atoms with Crippen molar-refractivity contribution in [3.05, 3.63) is 69.9 Å². The van der Waals surface area contributed by atoms with Gasteiger partial charge in [0, 0.05) is 31.4 Å². The summed E-state index contributed by atoms with van der Waals surface area (Å²) in [6, 6.07) is 9.93. The standard InChI is InChI=1S/C18H19F3N6S/c1-22-17(24-10-16-26-15(12-28-16)18(19,20)21)23-9-13-4-2-5-14(8-13)11-27-7-3-6-25-27/h2-8,12H,9-11H2,1H3,(H2,22,23,24). The third-order valence-electron chi connectivity index (χ3n) is 3.83. The molecule has 3 aromatic rings. The molecule has 2 heterocycles. The number of nitrogens with zero attached hydrogens (tertiary/aromatic N) is 4. The number of guanidine groups is 1. The Labute approximate surface area is 164 Å². The molecule has 0 bridgehead atoms. The first kappa shape index (κ1) is 19.9. The van der Waals surface area contributed by atoms with E-state index < -0.39 is 11.9 Å². The summed E-state index contributed by atoms with van der Waals surface area (Å²) in [6.07, 6.45) is -0.781. The van der Waals surface area contributed by atoms with Gasteiger partial charge in [-0.05, 0) is 17.2 Å². The fourth-order valence-corrected chi connectivity index (χ4v) is 3.25. The van der Waals surface area contributed by atoms with Gasteiger partial charge in [0.15, 0.2) is 11.7 Å². The predicted molar refractivity (Wildman–Crippen MR) is 102 cm³/mol. The summed E-state index contributed by atoms with van der Waals surface area (Å²) in [5.74, 6) is 0.487. The second-order valence-electron chi connectivity index (χ2n) is 5.93. The fourth-order valence-electron chi connectivity index (χ4n) is 2.51. The zero-order chi connectivity index (χ0) is 20.0. The normalized spacial score (nSPS) is 12.2. The highest BCUT2D eigenvalue weighted by Crippen LogP contribution is 2.29. The third-order valence-corrected chi connectivity index (χ3v) is 4.68. The molecule has 0 amide bonds. The number of aromatic nitrogens is 3. The minimum Gasteiger partial charge on any atom is -0.352 e. The van der Waals surface area contributed by atoms with E-state index in [2.05, 4.69) is 31.8 Å². The van der Waals surface area contributed by atoms with Crippen LogP contribution in [0.5, 0.6) is 0 Å². The molecule has 148 valence electrons. The predicted octanol–water partition coefficient (Wildman–Crippen LogP) is 3.27. The lowest BCUT2D eigenvalue weighted by Crippen LogP contribution is -2.36. The Balaban J connectivity index is 1.52. The number of alkyl halides is 3. The Hall–Kier alpha value is -2.88. The van der Waals surface area contributed by atoms with Crippen LogP contribution in [0.4, 0.5) is 13.2 Å². The van der Waals surface area contributed by atoms with Gasteiger partial charge >= 0.3 is 6.18 Å². The van der Waals surface area contributed by atoms with Crippen molar-refractivity contribution in [2.45, 2.75) is 25.8 Å². The Bertz CT molecular complexity index is 918. The van der Waals surface area contributed by atoms with Gasteiger partial charge in [-0.3, -0.25) is 9.67 Å². The molecule has 0 saturated carbocycles. The number of halogens is 3. The maximum Gasteiger partial charge on any atom is 0.434 e. The van der Waals surface area contributed by atoms with Gasteiger partial charge in [-0.15, -0.1) is 11.3 Å². The van der Waals surface area contributed by atoms with Crippen LogP contribution in [0.1, 0.15) is 21.8 Å². The molecule has 0 fully saturated rings. The Morgan fingerprint density at radius 1 is 1.18 bits per heavy atom. The molecule has 28 heavy (non-hydrogen) atoms. The molecule has 2 aromatic heterocycles. The Kier molecular flexibility index (Phi) is 6.30. The Morgan fingerprint density at radius 2 is 1.96 bits per heavy atom. The topological polar surface area (TPSA) is 67.1 Å². The van der Waals surface area contributed by atoms with Crippen LogP contribution >= 0.6 is 11.3 Å². The van der Waals surface area contributed by atoms with Crippen LogP contribution < -0.4 is 10.6 Å². The van der Waals surface area contributed by atoms with E-state index >= 15 is 0 Å². The number of hydrogen-bond donors (Lipinski definition) is 2. The van der Waals surface area contributed by atoms with Crippen molar-refractivity contribution >= 4 is 17.3 Å². The molecule has 0 radical (unpaired) electrons. The second-order valence-corrected chi connectivity index (χ2v) is 6.87. The number of aliphatic imine (C=N–C) groups is 1. The van der Waals surface area contributed by atoms with Gasteiger partial charge in [-0.1, -0.05) is 24.3 Å². The summed E-state index contributed by atoms with van der Waals surface area (Å²) in [7, 11) is 1.60. The summed E-state index contributed by atoms with van der Waals surface area (Å²) in [4.78, 5) is 7.69. The molecule has 0 aliphatic heterocycles. The van der Waals surface area contributed by atoms with Crippen LogP contribution in [0.15, 0.2) is 53.1 Å². The van der Waals surface area contributed by atoms with E-state index in [1.165, 1.54) is 0 Å². The van der Waals surface area contributed by atoms with Crippen LogP contribution in [0.2, 0.25) is 0 Å². The zero-order valence-electron chi connectivity index (χ0n) is 15.1. The molecule has 2 N–H and O–H groups in total. The summed E-state index contributed by atoms with van der Waals surface area (Å²) < 4.78 is 39.7. The molecule has 0 atom stereocenters. The molecule has 0 spiro atoms. The van der Waals surface area contributed by atoms with Crippen LogP contribution in [0, 0.1) is 0 Å². The van der Waals surface area contributed by atoms with Crippen molar-refractivity contribution in [1.29, 1.82) is 0 Å². The summed E-state index contributed by atoms with van der Waals surface area (Å²) >= 11 is 0.962. The highest BCUT2D eigenvalue weighted by Gasteiger charge is 2.33. The van der Waals surface area contributed by atoms with Gasteiger partial charge in [0.1, 0.15) is 5.01 Å². The van der Waals surface area contributed by atoms with Gasteiger partial charge in [-0.25, -0.2) is 4.98 Å². The highest BCUT2D eigenvalue weighted by molar-refractivity contribution is 7.09. The summed E-state index contributed by atoms with van der Waals surface area (Å²) in [5.41, 5.74) is 1.31. The first-order valence-electron chi connectivity index (χ1n) is 8.45. The summed E-state index contributed by atoms with van der Waals surface area (Å²) in [6.45, 7) is 1.37. The first-order chi connectivity index (χ1) is 13.4. The van der Waals surface area contributed by atoms with Crippen molar-refractivity contribution in [3.8, 4) is 0 Å². The number of rotatable bonds is 6. The first-order valence-corrected chi connectivity index (χ1v) is 9.33. The minimum atomic E-state index is -4.42. The molecule has 0 saturated heterocycles. The van der Waals surface area contributed by atoms with Crippen molar-refractivity contribution in [1.82, 2.24) is 25.4 Å². The van der Waals surface area contributed by atoms with Gasteiger partial charge in [0.05, 0.1) is 13.1 Å². The monoisotopic (exact) mass is 408 g/mol. The highest BCUT2D eigenvalue weighted by atomic mass is 32.1. The molecule has 10 heteroatoms. The molecule has 1 aromatic carbocycles. The van der Waals surface area contributed by atoms with Gasteiger partial charge in [-0.2, -0.15) is 18.3 Å². The van der Waals surface area contributed by atoms with Crippen molar-refractivity contribution < 1.29 is 13.2 Å². The van der Waals surface area contributed by atoms with Gasteiger partial charge < -0.3 is 10.6 Å². The number of hydrogen-bond acceptors (Lipinski definition) is 4. The smallest absolute Gasteiger partial charge is 0.352 e. The lowest BCUT2D eigenvalue weighted by Gasteiger charge is -2.12. The third kappa shape index (κ3) is 5.56. The molecule has 3 rings (SSSR count). The SMILES string of the molecule is CN=C(NCc1cccc(Cn2cccn2)c1)NCc1nc(C(F)(F)F)cs1. The van der Waals surface area contributed by atoms with E-state index in [1.807, 2.05) is 35.1 Å². The summed E-state index contributed by atoms with van der Waals surface area (Å²) in [5, 5.41) is 11.7. The zero-order valence-corrected chi connectivity index (χ0v) is 15.9. The van der Waals surface area contributed by atoms with Crippen molar-refractivity contribution in [3.63, 3.8) is 0 Å². The molecule has 0 unspecified atom stereocenters.